The zero-order valence-corrected chi connectivity index (χ0v) is 25.8. The average Bonchev–Trinajstić information content (AvgIpc) is 3.46. The van der Waals surface area contributed by atoms with Crippen molar-refractivity contribution in [2.75, 3.05) is 17.1 Å². The van der Waals surface area contributed by atoms with Crippen LogP contribution in [0.25, 0.3) is 0 Å². The number of carbonyl (C=O) groups excluding carboxylic acids is 2. The van der Waals surface area contributed by atoms with Gasteiger partial charge >= 0.3 is 0 Å². The van der Waals surface area contributed by atoms with Gasteiger partial charge in [-0.25, -0.2) is 8.42 Å². The van der Waals surface area contributed by atoms with E-state index < -0.39 is 16.1 Å². The third-order valence-electron chi connectivity index (χ3n) is 7.88. The highest BCUT2D eigenvalue weighted by Crippen LogP contribution is 2.22. The summed E-state index contributed by atoms with van der Waals surface area (Å²) in [6.07, 6.45) is 6.12. The number of hydrogen-bond donors (Lipinski definition) is 1. The molecule has 0 aromatic heterocycles. The van der Waals surface area contributed by atoms with Crippen molar-refractivity contribution in [1.29, 1.82) is 0 Å². The first-order chi connectivity index (χ1) is 20.1. The molecule has 1 aliphatic carbocycles. The number of sulfonamides is 1. The standard InChI is InChI=1S/C34H43N3O4S/c1-26-18-20-31(21-19-26)37(42(3,40)41)22-10-17-33(38)36(25-29-14-9-11-27(2)23-29)32(24-28-12-5-4-6-13-28)34(39)35-30-15-7-8-16-30/h4-6,9,11-14,18-21,23,30,32H,7-8,10,15-17,22,24-25H2,1-3H3,(H,35,39). The Labute approximate surface area is 251 Å². The summed E-state index contributed by atoms with van der Waals surface area (Å²) in [5, 5.41) is 3.23. The Balaban J connectivity index is 1.58. The molecule has 4 rings (SSSR count). The van der Waals surface area contributed by atoms with E-state index >= 15 is 0 Å². The molecule has 0 spiro atoms. The van der Waals surface area contributed by atoms with E-state index in [-0.39, 0.29) is 30.8 Å². The van der Waals surface area contributed by atoms with Crippen LogP contribution in [0.2, 0.25) is 0 Å². The van der Waals surface area contributed by atoms with E-state index in [9.17, 15) is 18.0 Å². The first kappa shape index (κ1) is 31.3. The Morgan fingerprint density at radius 1 is 0.881 bits per heavy atom. The van der Waals surface area contributed by atoms with Crippen molar-refractivity contribution in [2.24, 2.45) is 0 Å². The van der Waals surface area contributed by atoms with E-state index in [1.54, 1.807) is 17.0 Å². The Morgan fingerprint density at radius 2 is 1.55 bits per heavy atom. The molecule has 0 aliphatic heterocycles. The number of nitrogens with one attached hydrogen (secondary N) is 1. The van der Waals surface area contributed by atoms with Crippen LogP contribution in [0.4, 0.5) is 5.69 Å². The molecule has 0 saturated heterocycles. The number of benzene rings is 3. The molecule has 1 N–H and O–H groups in total. The second-order valence-electron chi connectivity index (χ2n) is 11.5. The summed E-state index contributed by atoms with van der Waals surface area (Å²) in [5.41, 5.74) is 4.62. The predicted octanol–water partition coefficient (Wildman–Crippen LogP) is 5.55. The van der Waals surface area contributed by atoms with Crippen molar-refractivity contribution in [3.63, 3.8) is 0 Å². The largest absolute Gasteiger partial charge is 0.352 e. The van der Waals surface area contributed by atoms with Gasteiger partial charge in [0, 0.05) is 32.0 Å². The third-order valence-corrected chi connectivity index (χ3v) is 9.08. The minimum atomic E-state index is -3.54. The first-order valence-corrected chi connectivity index (χ1v) is 16.7. The van der Waals surface area contributed by atoms with Gasteiger partial charge in [0.1, 0.15) is 6.04 Å². The fourth-order valence-corrected chi connectivity index (χ4v) is 6.61. The summed E-state index contributed by atoms with van der Waals surface area (Å²) >= 11 is 0. The van der Waals surface area contributed by atoms with Crippen molar-refractivity contribution in [3.05, 3.63) is 101 Å². The summed E-state index contributed by atoms with van der Waals surface area (Å²) in [4.78, 5) is 29.5. The monoisotopic (exact) mass is 589 g/mol. The molecule has 8 heteroatoms. The van der Waals surface area contributed by atoms with Gasteiger partial charge in [-0.3, -0.25) is 13.9 Å². The fraction of sp³-hybridized carbons (Fsp3) is 0.412. The van der Waals surface area contributed by atoms with Crippen LogP contribution >= 0.6 is 0 Å². The molecule has 42 heavy (non-hydrogen) atoms. The summed E-state index contributed by atoms with van der Waals surface area (Å²) in [6, 6.07) is 24.5. The highest BCUT2D eigenvalue weighted by atomic mass is 32.2. The smallest absolute Gasteiger partial charge is 0.243 e. The molecule has 224 valence electrons. The molecular weight excluding hydrogens is 546 g/mol. The minimum Gasteiger partial charge on any atom is -0.352 e. The topological polar surface area (TPSA) is 86.8 Å². The van der Waals surface area contributed by atoms with Crippen LogP contribution in [-0.4, -0.2) is 50.0 Å². The molecule has 1 atom stereocenters. The predicted molar refractivity (Wildman–Crippen MR) is 169 cm³/mol. The van der Waals surface area contributed by atoms with Gasteiger partial charge in [-0.2, -0.15) is 0 Å². The lowest BCUT2D eigenvalue weighted by Gasteiger charge is -2.33. The quantitative estimate of drug-likeness (QED) is 0.283. The zero-order chi connectivity index (χ0) is 30.1. The molecule has 0 radical (unpaired) electrons. The van der Waals surface area contributed by atoms with Crippen LogP contribution in [-0.2, 0) is 32.6 Å². The van der Waals surface area contributed by atoms with E-state index in [0.29, 0.717) is 25.1 Å². The first-order valence-electron chi connectivity index (χ1n) is 14.8. The summed E-state index contributed by atoms with van der Waals surface area (Å²) in [6.45, 7) is 4.42. The van der Waals surface area contributed by atoms with Gasteiger partial charge in [0.15, 0.2) is 0 Å². The molecule has 0 heterocycles. The Kier molecular flexibility index (Phi) is 10.8. The number of anilines is 1. The van der Waals surface area contributed by atoms with E-state index in [0.717, 1.165) is 47.9 Å². The normalized spacial score (nSPS) is 14.4. The van der Waals surface area contributed by atoms with Crippen molar-refractivity contribution in [1.82, 2.24) is 10.2 Å². The number of aryl methyl sites for hydroxylation is 2. The summed E-state index contributed by atoms with van der Waals surface area (Å²) < 4.78 is 26.6. The van der Waals surface area contributed by atoms with Gasteiger partial charge in [-0.05, 0) is 56.4 Å². The lowest BCUT2D eigenvalue weighted by Crippen LogP contribution is -2.52. The van der Waals surface area contributed by atoms with Crippen LogP contribution in [0.1, 0.15) is 60.8 Å². The molecule has 7 nitrogen and oxygen atoms in total. The number of hydrogen-bond acceptors (Lipinski definition) is 4. The number of nitrogens with zero attached hydrogens (tertiary/aromatic N) is 2. The maximum Gasteiger partial charge on any atom is 0.243 e. The lowest BCUT2D eigenvalue weighted by atomic mass is 10.0. The van der Waals surface area contributed by atoms with Crippen molar-refractivity contribution in [2.45, 2.75) is 77.4 Å². The second kappa shape index (κ2) is 14.5. The van der Waals surface area contributed by atoms with Crippen molar-refractivity contribution >= 4 is 27.5 Å². The van der Waals surface area contributed by atoms with Crippen molar-refractivity contribution < 1.29 is 18.0 Å². The highest BCUT2D eigenvalue weighted by Gasteiger charge is 2.32. The van der Waals surface area contributed by atoms with Gasteiger partial charge in [-0.15, -0.1) is 0 Å². The van der Waals surface area contributed by atoms with Crippen LogP contribution in [0, 0.1) is 13.8 Å². The zero-order valence-electron chi connectivity index (χ0n) is 25.0. The molecule has 1 unspecified atom stereocenters. The molecule has 2 amide bonds. The molecule has 1 fully saturated rings. The van der Waals surface area contributed by atoms with Crippen LogP contribution in [0.3, 0.4) is 0 Å². The molecule has 1 saturated carbocycles. The van der Waals surface area contributed by atoms with E-state index in [1.165, 1.54) is 10.6 Å². The molecular formula is C34H43N3O4S. The Hall–Kier alpha value is -3.65. The Bertz CT molecular complexity index is 1440. The minimum absolute atomic E-state index is 0.117. The van der Waals surface area contributed by atoms with Crippen LogP contribution in [0.15, 0.2) is 78.9 Å². The maximum absolute atomic E-state index is 14.0. The van der Waals surface area contributed by atoms with Gasteiger partial charge < -0.3 is 10.2 Å². The van der Waals surface area contributed by atoms with Gasteiger partial charge in [0.25, 0.3) is 0 Å². The second-order valence-corrected chi connectivity index (χ2v) is 13.4. The van der Waals surface area contributed by atoms with Gasteiger partial charge in [0.05, 0.1) is 11.9 Å². The van der Waals surface area contributed by atoms with E-state index in [2.05, 4.69) is 5.32 Å². The number of carbonyl (C=O) groups is 2. The fourth-order valence-electron chi connectivity index (χ4n) is 5.64. The molecule has 0 bridgehead atoms. The summed E-state index contributed by atoms with van der Waals surface area (Å²) in [7, 11) is -3.54. The Morgan fingerprint density at radius 3 is 2.19 bits per heavy atom. The summed E-state index contributed by atoms with van der Waals surface area (Å²) in [5.74, 6) is -0.305. The SMILES string of the molecule is Cc1ccc(N(CCCC(=O)N(Cc2cccc(C)c2)C(Cc2ccccc2)C(=O)NC2CCCC2)S(C)(=O)=O)cc1. The molecule has 1 aliphatic rings. The number of rotatable bonds is 13. The average molecular weight is 590 g/mol. The third kappa shape index (κ3) is 8.92. The number of amides is 2. The van der Waals surface area contributed by atoms with Gasteiger partial charge in [0.2, 0.25) is 21.8 Å². The van der Waals surface area contributed by atoms with Crippen molar-refractivity contribution in [3.8, 4) is 0 Å². The van der Waals surface area contributed by atoms with E-state index in [1.807, 2.05) is 80.6 Å². The lowest BCUT2D eigenvalue weighted by molar-refractivity contribution is -0.141. The molecule has 3 aromatic rings. The van der Waals surface area contributed by atoms with Crippen LogP contribution in [0.5, 0.6) is 0 Å². The highest BCUT2D eigenvalue weighted by molar-refractivity contribution is 7.92. The van der Waals surface area contributed by atoms with Crippen LogP contribution < -0.4 is 9.62 Å². The van der Waals surface area contributed by atoms with Gasteiger partial charge in [-0.1, -0.05) is 90.7 Å². The maximum atomic E-state index is 14.0. The van der Waals surface area contributed by atoms with E-state index in [4.69, 9.17) is 0 Å². The molecule has 3 aromatic carbocycles.